The number of amides is 2. The van der Waals surface area contributed by atoms with Crippen LogP contribution < -0.4 is 10.2 Å². The predicted octanol–water partition coefficient (Wildman–Crippen LogP) is 2.28. The summed E-state index contributed by atoms with van der Waals surface area (Å²) in [5.74, 6) is 0.0254. The molecule has 120 valence electrons. The van der Waals surface area contributed by atoms with Crippen LogP contribution in [0.15, 0.2) is 41.6 Å². The normalized spacial score (nSPS) is 17.6. The summed E-state index contributed by atoms with van der Waals surface area (Å²) in [6.07, 6.45) is 4.38. The number of hydrogen-bond acceptors (Lipinski definition) is 4. The Morgan fingerprint density at radius 2 is 2.09 bits per heavy atom. The number of nitrogens with one attached hydrogen (secondary N) is 1. The van der Waals surface area contributed by atoms with Crippen molar-refractivity contribution in [3.05, 3.63) is 36.7 Å². The minimum atomic E-state index is -0.0940. The first kappa shape index (κ1) is 15.6. The van der Waals surface area contributed by atoms with Crippen molar-refractivity contribution in [2.24, 2.45) is 7.05 Å². The number of carbonyl (C=O) groups excluding carboxylic acids is 2. The van der Waals surface area contributed by atoms with Crippen molar-refractivity contribution in [2.75, 3.05) is 16.8 Å². The number of rotatable bonds is 4. The molecule has 0 unspecified atom stereocenters. The zero-order chi connectivity index (χ0) is 16.4. The fourth-order valence-electron chi connectivity index (χ4n) is 2.55. The van der Waals surface area contributed by atoms with Crippen molar-refractivity contribution in [1.82, 2.24) is 9.78 Å². The number of aromatic nitrogens is 2. The van der Waals surface area contributed by atoms with Gasteiger partial charge in [0.05, 0.1) is 17.1 Å². The highest BCUT2D eigenvalue weighted by molar-refractivity contribution is 8.00. The quantitative estimate of drug-likeness (QED) is 0.934. The molecule has 1 N–H and O–H groups in total. The summed E-state index contributed by atoms with van der Waals surface area (Å²) in [6.45, 7) is 2.19. The number of aryl methyl sites for hydroxylation is 1. The van der Waals surface area contributed by atoms with Crippen molar-refractivity contribution in [1.29, 1.82) is 0 Å². The zero-order valence-corrected chi connectivity index (χ0v) is 13.8. The largest absolute Gasteiger partial charge is 0.326 e. The third-order valence-corrected chi connectivity index (χ3v) is 4.88. The summed E-state index contributed by atoms with van der Waals surface area (Å²) in [5, 5.41) is 6.77. The Morgan fingerprint density at radius 1 is 1.35 bits per heavy atom. The van der Waals surface area contributed by atoms with E-state index in [0.717, 1.165) is 22.7 Å². The molecule has 1 saturated heterocycles. The molecule has 23 heavy (non-hydrogen) atoms. The lowest BCUT2D eigenvalue weighted by atomic mass is 10.3. The van der Waals surface area contributed by atoms with Crippen molar-refractivity contribution in [3.8, 4) is 0 Å². The average Bonchev–Trinajstić information content (AvgIpc) is 3.08. The van der Waals surface area contributed by atoms with Gasteiger partial charge in [-0.25, -0.2) is 0 Å². The summed E-state index contributed by atoms with van der Waals surface area (Å²) in [4.78, 5) is 26.4. The molecular weight excluding hydrogens is 312 g/mol. The van der Waals surface area contributed by atoms with Gasteiger partial charge in [0.25, 0.3) is 0 Å². The summed E-state index contributed by atoms with van der Waals surface area (Å²) < 4.78 is 1.70. The summed E-state index contributed by atoms with van der Waals surface area (Å²) in [6, 6.07) is 7.55. The van der Waals surface area contributed by atoms with Gasteiger partial charge in [0, 0.05) is 37.3 Å². The Hall–Kier alpha value is -2.28. The van der Waals surface area contributed by atoms with Gasteiger partial charge >= 0.3 is 0 Å². The van der Waals surface area contributed by atoms with Crippen LogP contribution in [-0.4, -0.2) is 33.4 Å². The molecule has 0 spiro atoms. The minimum absolute atomic E-state index is 0.0816. The van der Waals surface area contributed by atoms with E-state index in [-0.39, 0.29) is 17.1 Å². The van der Waals surface area contributed by atoms with E-state index in [9.17, 15) is 9.59 Å². The smallest absolute Gasteiger partial charge is 0.240 e. The predicted molar refractivity (Wildman–Crippen MR) is 90.6 cm³/mol. The van der Waals surface area contributed by atoms with Gasteiger partial charge in [0.15, 0.2) is 0 Å². The van der Waals surface area contributed by atoms with Gasteiger partial charge in [-0.15, -0.1) is 11.8 Å². The van der Waals surface area contributed by atoms with Crippen LogP contribution in [0, 0.1) is 0 Å². The Bertz CT molecular complexity index is 726. The molecule has 7 heteroatoms. The molecule has 1 fully saturated rings. The molecular formula is C16H18N4O2S. The molecule has 2 aromatic rings. The van der Waals surface area contributed by atoms with E-state index in [0.29, 0.717) is 6.54 Å². The molecule has 1 aromatic heterocycles. The number of benzene rings is 1. The molecule has 0 bridgehead atoms. The molecule has 0 radical (unpaired) electrons. The van der Waals surface area contributed by atoms with Crippen LogP contribution >= 0.6 is 11.8 Å². The second-order valence-corrected chi connectivity index (χ2v) is 6.74. The van der Waals surface area contributed by atoms with Crippen molar-refractivity contribution >= 4 is 35.0 Å². The maximum Gasteiger partial charge on any atom is 0.240 e. The molecule has 1 atom stereocenters. The summed E-state index contributed by atoms with van der Waals surface area (Å²) in [5.41, 5.74) is 1.61. The van der Waals surface area contributed by atoms with Gasteiger partial charge in [-0.1, -0.05) is 0 Å². The Morgan fingerprint density at radius 3 is 2.70 bits per heavy atom. The molecule has 1 aromatic carbocycles. The van der Waals surface area contributed by atoms with E-state index in [2.05, 4.69) is 10.4 Å². The third-order valence-electron chi connectivity index (χ3n) is 3.61. The molecule has 1 aliphatic heterocycles. The van der Waals surface area contributed by atoms with Crippen LogP contribution in [0.25, 0.3) is 0 Å². The highest BCUT2D eigenvalue weighted by Gasteiger charge is 2.33. The Kier molecular flexibility index (Phi) is 4.38. The number of nitrogens with zero attached hydrogens (tertiary/aromatic N) is 3. The van der Waals surface area contributed by atoms with Crippen LogP contribution in [0.5, 0.6) is 0 Å². The van der Waals surface area contributed by atoms with E-state index >= 15 is 0 Å². The van der Waals surface area contributed by atoms with Crippen molar-refractivity contribution in [3.63, 3.8) is 0 Å². The Balaban J connectivity index is 1.64. The van der Waals surface area contributed by atoms with E-state index in [1.165, 1.54) is 6.92 Å². The average molecular weight is 330 g/mol. The lowest BCUT2D eigenvalue weighted by Gasteiger charge is -2.14. The van der Waals surface area contributed by atoms with Gasteiger partial charge in [0.1, 0.15) is 0 Å². The van der Waals surface area contributed by atoms with Crippen molar-refractivity contribution < 1.29 is 9.59 Å². The van der Waals surface area contributed by atoms with Crippen LogP contribution in [0.2, 0.25) is 0 Å². The number of anilines is 2. The fourth-order valence-corrected chi connectivity index (χ4v) is 3.62. The van der Waals surface area contributed by atoms with E-state index in [1.807, 2.05) is 37.5 Å². The maximum absolute atomic E-state index is 12.5. The highest BCUT2D eigenvalue weighted by atomic mass is 32.2. The lowest BCUT2D eigenvalue weighted by Crippen LogP contribution is -2.27. The first-order valence-corrected chi connectivity index (χ1v) is 8.25. The standard InChI is InChI=1S/C16H18N4O2S/c1-11(21)18-12-3-5-14(6-4-12)23-15-7-8-20(16(15)22)13-9-17-19(2)10-13/h3-6,9-10,15H,7-8H2,1-2H3,(H,18,21)/t15-/m1/s1. The number of hydrogen-bond donors (Lipinski definition) is 1. The zero-order valence-electron chi connectivity index (χ0n) is 13.0. The van der Waals surface area contributed by atoms with Crippen LogP contribution in [0.1, 0.15) is 13.3 Å². The Labute approximate surface area is 138 Å². The molecule has 2 amide bonds. The number of carbonyl (C=O) groups is 2. The molecule has 0 saturated carbocycles. The molecule has 6 nitrogen and oxygen atoms in total. The van der Waals surface area contributed by atoms with Gasteiger partial charge in [0.2, 0.25) is 11.8 Å². The van der Waals surface area contributed by atoms with E-state index < -0.39 is 0 Å². The first-order valence-electron chi connectivity index (χ1n) is 7.37. The SMILES string of the molecule is CC(=O)Nc1ccc(S[C@@H]2CCN(c3cnn(C)c3)C2=O)cc1. The lowest BCUT2D eigenvalue weighted by molar-refractivity contribution is -0.116. The molecule has 3 rings (SSSR count). The highest BCUT2D eigenvalue weighted by Crippen LogP contribution is 2.33. The van der Waals surface area contributed by atoms with E-state index in [1.54, 1.807) is 27.5 Å². The second kappa shape index (κ2) is 6.45. The summed E-state index contributed by atoms with van der Waals surface area (Å²) in [7, 11) is 1.84. The number of thioether (sulfide) groups is 1. The molecule has 0 aliphatic carbocycles. The van der Waals surface area contributed by atoms with Crippen molar-refractivity contribution in [2.45, 2.75) is 23.5 Å². The van der Waals surface area contributed by atoms with Gasteiger partial charge in [-0.2, -0.15) is 5.10 Å². The van der Waals surface area contributed by atoms with Gasteiger partial charge in [-0.3, -0.25) is 14.3 Å². The van der Waals surface area contributed by atoms with Gasteiger partial charge in [-0.05, 0) is 30.7 Å². The first-order chi connectivity index (χ1) is 11.0. The fraction of sp³-hybridized carbons (Fsp3) is 0.312. The molecule has 1 aliphatic rings. The van der Waals surface area contributed by atoms with Crippen LogP contribution in [0.3, 0.4) is 0 Å². The third kappa shape index (κ3) is 3.56. The second-order valence-electron chi connectivity index (χ2n) is 5.46. The summed E-state index contributed by atoms with van der Waals surface area (Å²) >= 11 is 1.56. The van der Waals surface area contributed by atoms with Crippen LogP contribution in [-0.2, 0) is 16.6 Å². The monoisotopic (exact) mass is 330 g/mol. The van der Waals surface area contributed by atoms with Gasteiger partial charge < -0.3 is 10.2 Å². The van der Waals surface area contributed by atoms with E-state index in [4.69, 9.17) is 0 Å². The maximum atomic E-state index is 12.5. The topological polar surface area (TPSA) is 67.2 Å². The molecule has 2 heterocycles. The minimum Gasteiger partial charge on any atom is -0.326 e. The van der Waals surface area contributed by atoms with Crippen LogP contribution in [0.4, 0.5) is 11.4 Å².